The van der Waals surface area contributed by atoms with E-state index in [1.807, 2.05) is 6.08 Å². The molecule has 0 saturated carbocycles. The summed E-state index contributed by atoms with van der Waals surface area (Å²) in [5.41, 5.74) is 0. The Balaban J connectivity index is 1.89. The van der Waals surface area contributed by atoms with Crippen molar-refractivity contribution >= 4 is 0 Å². The SMILES string of the molecule is CCCCCCCCCCCCCC/C=C/O[C@@H]1CO[C@@H](CO)[C@H](O)[C@H]1O. The van der Waals surface area contributed by atoms with E-state index in [0.717, 1.165) is 12.8 Å². The zero-order chi connectivity index (χ0) is 19.7. The number of ether oxygens (including phenoxy) is 2. The van der Waals surface area contributed by atoms with Crippen molar-refractivity contribution in [3.8, 4) is 0 Å². The summed E-state index contributed by atoms with van der Waals surface area (Å²) in [5.74, 6) is 0. The highest BCUT2D eigenvalue weighted by atomic mass is 16.6. The Hall–Kier alpha value is -0.620. The molecule has 0 spiro atoms. The van der Waals surface area contributed by atoms with Crippen LogP contribution in [-0.4, -0.2) is 52.9 Å². The highest BCUT2D eigenvalue weighted by molar-refractivity contribution is 4.89. The molecule has 4 atom stereocenters. The molecule has 0 amide bonds. The van der Waals surface area contributed by atoms with Crippen LogP contribution >= 0.6 is 0 Å². The van der Waals surface area contributed by atoms with Gasteiger partial charge in [0.1, 0.15) is 24.4 Å². The minimum Gasteiger partial charge on any atom is -0.493 e. The van der Waals surface area contributed by atoms with E-state index < -0.39 is 24.4 Å². The van der Waals surface area contributed by atoms with Crippen LogP contribution in [0.15, 0.2) is 12.3 Å². The molecule has 27 heavy (non-hydrogen) atoms. The van der Waals surface area contributed by atoms with Crippen LogP contribution < -0.4 is 0 Å². The molecular formula is C22H42O5. The lowest BCUT2D eigenvalue weighted by Crippen LogP contribution is -2.54. The summed E-state index contributed by atoms with van der Waals surface area (Å²) in [6.07, 6.45) is 17.2. The zero-order valence-electron chi connectivity index (χ0n) is 17.2. The maximum atomic E-state index is 9.95. The first-order chi connectivity index (χ1) is 13.2. The molecule has 1 heterocycles. The summed E-state index contributed by atoms with van der Waals surface area (Å²) in [6.45, 7) is 2.13. The van der Waals surface area contributed by atoms with Crippen LogP contribution in [-0.2, 0) is 9.47 Å². The van der Waals surface area contributed by atoms with Gasteiger partial charge in [-0.2, -0.15) is 0 Å². The first kappa shape index (κ1) is 24.4. The van der Waals surface area contributed by atoms with Gasteiger partial charge < -0.3 is 24.8 Å². The summed E-state index contributed by atoms with van der Waals surface area (Å²) < 4.78 is 10.7. The van der Waals surface area contributed by atoms with Crippen molar-refractivity contribution in [2.75, 3.05) is 13.2 Å². The van der Waals surface area contributed by atoms with Gasteiger partial charge in [-0.3, -0.25) is 0 Å². The molecule has 0 aromatic heterocycles. The lowest BCUT2D eigenvalue weighted by atomic mass is 10.0. The molecule has 0 aromatic carbocycles. The number of aliphatic hydroxyl groups is 3. The topological polar surface area (TPSA) is 79.2 Å². The first-order valence-corrected chi connectivity index (χ1v) is 11.1. The molecular weight excluding hydrogens is 344 g/mol. The normalized spacial score (nSPS) is 25.9. The van der Waals surface area contributed by atoms with Gasteiger partial charge in [0.2, 0.25) is 0 Å². The van der Waals surface area contributed by atoms with Gasteiger partial charge in [-0.25, -0.2) is 0 Å². The average molecular weight is 387 g/mol. The van der Waals surface area contributed by atoms with Gasteiger partial charge in [0.05, 0.1) is 19.5 Å². The van der Waals surface area contributed by atoms with Crippen LogP contribution in [0.1, 0.15) is 90.4 Å². The Morgan fingerprint density at radius 2 is 1.41 bits per heavy atom. The quantitative estimate of drug-likeness (QED) is 0.275. The van der Waals surface area contributed by atoms with Crippen molar-refractivity contribution in [2.45, 2.75) is 115 Å². The van der Waals surface area contributed by atoms with E-state index in [2.05, 4.69) is 6.92 Å². The molecule has 1 saturated heterocycles. The maximum Gasteiger partial charge on any atom is 0.149 e. The van der Waals surface area contributed by atoms with Crippen LogP contribution in [0.25, 0.3) is 0 Å². The molecule has 5 nitrogen and oxygen atoms in total. The molecule has 1 fully saturated rings. The molecule has 0 bridgehead atoms. The summed E-state index contributed by atoms with van der Waals surface area (Å²) >= 11 is 0. The number of hydrogen-bond acceptors (Lipinski definition) is 5. The summed E-state index contributed by atoms with van der Waals surface area (Å²) in [5, 5.41) is 28.8. The lowest BCUT2D eigenvalue weighted by molar-refractivity contribution is -0.196. The molecule has 0 aromatic rings. The predicted octanol–water partition coefficient (Wildman–Crippen LogP) is 4.09. The highest BCUT2D eigenvalue weighted by Crippen LogP contribution is 2.18. The van der Waals surface area contributed by atoms with Crippen molar-refractivity contribution < 1.29 is 24.8 Å². The monoisotopic (exact) mass is 386 g/mol. The van der Waals surface area contributed by atoms with Crippen LogP contribution in [0.5, 0.6) is 0 Å². The summed E-state index contributed by atoms with van der Waals surface area (Å²) in [6, 6.07) is 0. The van der Waals surface area contributed by atoms with E-state index >= 15 is 0 Å². The van der Waals surface area contributed by atoms with E-state index in [1.165, 1.54) is 70.6 Å². The average Bonchev–Trinajstić information content (AvgIpc) is 2.68. The van der Waals surface area contributed by atoms with Gasteiger partial charge in [-0.05, 0) is 18.9 Å². The number of rotatable bonds is 16. The molecule has 1 aliphatic rings. The van der Waals surface area contributed by atoms with E-state index in [4.69, 9.17) is 14.6 Å². The molecule has 3 N–H and O–H groups in total. The zero-order valence-corrected chi connectivity index (χ0v) is 17.2. The van der Waals surface area contributed by atoms with Crippen LogP contribution in [0.4, 0.5) is 0 Å². The van der Waals surface area contributed by atoms with Gasteiger partial charge in [0.25, 0.3) is 0 Å². The molecule has 0 radical (unpaired) electrons. The first-order valence-electron chi connectivity index (χ1n) is 11.1. The highest BCUT2D eigenvalue weighted by Gasteiger charge is 2.38. The Kier molecular flexibility index (Phi) is 14.8. The third kappa shape index (κ3) is 11.1. The Morgan fingerprint density at radius 1 is 0.852 bits per heavy atom. The smallest absolute Gasteiger partial charge is 0.149 e. The summed E-state index contributed by atoms with van der Waals surface area (Å²) in [7, 11) is 0. The second-order valence-electron chi connectivity index (χ2n) is 7.76. The van der Waals surface area contributed by atoms with E-state index in [-0.39, 0.29) is 13.2 Å². The van der Waals surface area contributed by atoms with E-state index in [9.17, 15) is 10.2 Å². The van der Waals surface area contributed by atoms with Gasteiger partial charge >= 0.3 is 0 Å². The van der Waals surface area contributed by atoms with Crippen LogP contribution in [0.2, 0.25) is 0 Å². The number of hydrogen-bond donors (Lipinski definition) is 3. The fourth-order valence-corrected chi connectivity index (χ4v) is 3.46. The largest absolute Gasteiger partial charge is 0.493 e. The van der Waals surface area contributed by atoms with Crippen LogP contribution in [0, 0.1) is 0 Å². The number of unbranched alkanes of at least 4 members (excludes halogenated alkanes) is 12. The standard InChI is InChI=1S/C22H42O5/c1-2-3-4-5-6-7-8-9-10-11-12-13-14-15-16-26-20-18-27-19(17-23)21(24)22(20)25/h15-16,19-25H,2-14,17-18H2,1H3/b16-15+/t19-,20+,21-,22-/m0/s1. The Bertz CT molecular complexity index is 361. The maximum absolute atomic E-state index is 9.95. The molecule has 1 rings (SSSR count). The predicted molar refractivity (Wildman–Crippen MR) is 109 cm³/mol. The fourth-order valence-electron chi connectivity index (χ4n) is 3.46. The third-order valence-electron chi connectivity index (χ3n) is 5.34. The van der Waals surface area contributed by atoms with Crippen molar-refractivity contribution in [1.29, 1.82) is 0 Å². The van der Waals surface area contributed by atoms with Gasteiger partial charge in [-0.1, -0.05) is 77.6 Å². The van der Waals surface area contributed by atoms with Gasteiger partial charge in [-0.15, -0.1) is 0 Å². The van der Waals surface area contributed by atoms with Gasteiger partial charge in [0.15, 0.2) is 0 Å². The molecule has 1 aliphatic heterocycles. The third-order valence-corrected chi connectivity index (χ3v) is 5.34. The molecule has 160 valence electrons. The van der Waals surface area contributed by atoms with Crippen LogP contribution in [0.3, 0.4) is 0 Å². The van der Waals surface area contributed by atoms with Crippen molar-refractivity contribution in [2.24, 2.45) is 0 Å². The van der Waals surface area contributed by atoms with Gasteiger partial charge in [0, 0.05) is 0 Å². The van der Waals surface area contributed by atoms with Crippen molar-refractivity contribution in [3.63, 3.8) is 0 Å². The lowest BCUT2D eigenvalue weighted by Gasteiger charge is -2.36. The number of aliphatic hydroxyl groups excluding tert-OH is 3. The van der Waals surface area contributed by atoms with Crippen molar-refractivity contribution in [3.05, 3.63) is 12.3 Å². The van der Waals surface area contributed by atoms with E-state index in [1.54, 1.807) is 6.26 Å². The fraction of sp³-hybridized carbons (Fsp3) is 0.909. The number of allylic oxidation sites excluding steroid dienone is 1. The molecule has 0 aliphatic carbocycles. The summed E-state index contributed by atoms with van der Waals surface area (Å²) in [4.78, 5) is 0. The minimum atomic E-state index is -1.11. The Morgan fingerprint density at radius 3 is 1.96 bits per heavy atom. The molecule has 5 heteroatoms. The second-order valence-corrected chi connectivity index (χ2v) is 7.76. The Labute approximate surface area is 165 Å². The van der Waals surface area contributed by atoms with Crippen molar-refractivity contribution in [1.82, 2.24) is 0 Å². The minimum absolute atomic E-state index is 0.173. The molecule has 0 unspecified atom stereocenters. The second kappa shape index (κ2) is 16.3. The van der Waals surface area contributed by atoms with E-state index in [0.29, 0.717) is 0 Å².